The largest absolute Gasteiger partial charge is 0.508 e. The molecular formula is C34H26BrClN2O7. The van der Waals surface area contributed by atoms with Crippen LogP contribution in [-0.4, -0.2) is 46.8 Å². The monoisotopic (exact) mass is 688 g/mol. The van der Waals surface area contributed by atoms with Gasteiger partial charge in [-0.3, -0.25) is 19.2 Å². The number of aromatic hydroxyl groups is 1. The molecule has 7 rings (SSSR count). The summed E-state index contributed by atoms with van der Waals surface area (Å²) in [7, 11) is 1.10. The van der Waals surface area contributed by atoms with Crippen LogP contribution in [-0.2, 0) is 29.3 Å². The maximum Gasteiger partial charge on any atom is 0.423 e. The molecule has 45 heavy (non-hydrogen) atoms. The molecule has 0 bridgehead atoms. The maximum absolute atomic E-state index is 15.1. The highest BCUT2D eigenvalue weighted by Gasteiger charge is 2.70. The van der Waals surface area contributed by atoms with Gasteiger partial charge in [0, 0.05) is 21.0 Å². The summed E-state index contributed by atoms with van der Waals surface area (Å²) in [6.45, 7) is 0. The van der Waals surface area contributed by atoms with E-state index >= 15 is 4.79 Å². The number of amides is 5. The third kappa shape index (κ3) is 4.08. The Morgan fingerprint density at radius 3 is 2.42 bits per heavy atom. The quantitative estimate of drug-likeness (QED) is 0.275. The van der Waals surface area contributed by atoms with Crippen molar-refractivity contribution in [1.82, 2.24) is 4.90 Å². The molecule has 6 atom stereocenters. The van der Waals surface area contributed by atoms with E-state index in [0.717, 1.165) is 12.0 Å². The van der Waals surface area contributed by atoms with E-state index in [9.17, 15) is 24.3 Å². The smallest absolute Gasteiger partial charge is 0.423 e. The number of benzene rings is 3. The zero-order valence-electron chi connectivity index (χ0n) is 23.9. The molecule has 0 radical (unpaired) electrons. The molecule has 2 heterocycles. The van der Waals surface area contributed by atoms with Crippen LogP contribution in [0.5, 0.6) is 5.75 Å². The number of carbonyl (C=O) groups excluding carboxylic acids is 5. The Morgan fingerprint density at radius 1 is 0.956 bits per heavy atom. The lowest BCUT2D eigenvalue weighted by molar-refractivity contribution is -0.138. The van der Waals surface area contributed by atoms with E-state index < -0.39 is 64.7 Å². The number of hydrogen-bond acceptors (Lipinski definition) is 7. The second-order valence-corrected chi connectivity index (χ2v) is 13.1. The number of halogens is 2. The number of nitrogens with zero attached hydrogens (tertiary/aromatic N) is 2. The summed E-state index contributed by atoms with van der Waals surface area (Å²) in [5.74, 6) is -6.77. The summed E-state index contributed by atoms with van der Waals surface area (Å²) in [6.07, 6.45) is 0.984. The van der Waals surface area contributed by atoms with Crippen molar-refractivity contribution in [2.75, 3.05) is 12.0 Å². The summed E-state index contributed by atoms with van der Waals surface area (Å²) >= 11 is 9.83. The molecule has 3 fully saturated rings. The fourth-order valence-electron chi connectivity index (χ4n) is 8.12. The highest BCUT2D eigenvalue weighted by atomic mass is 79.9. The van der Waals surface area contributed by atoms with Gasteiger partial charge in [-0.15, -0.1) is 0 Å². The molecule has 0 aromatic heterocycles. The molecule has 0 spiro atoms. The Bertz CT molecular complexity index is 1840. The summed E-state index contributed by atoms with van der Waals surface area (Å²) < 4.78 is 5.40. The Labute approximate surface area is 271 Å². The lowest BCUT2D eigenvalue weighted by Gasteiger charge is -2.50. The van der Waals surface area contributed by atoms with Gasteiger partial charge in [0.15, 0.2) is 0 Å². The molecular weight excluding hydrogens is 664 g/mol. The summed E-state index contributed by atoms with van der Waals surface area (Å²) in [5.41, 5.74) is 0.406. The summed E-state index contributed by atoms with van der Waals surface area (Å²) in [4.78, 5) is 71.2. The van der Waals surface area contributed by atoms with Crippen LogP contribution in [0, 0.1) is 23.7 Å². The highest BCUT2D eigenvalue weighted by molar-refractivity contribution is 9.10. The molecule has 3 aromatic carbocycles. The first kappa shape index (κ1) is 29.4. The van der Waals surface area contributed by atoms with E-state index in [1.807, 2.05) is 12.1 Å². The van der Waals surface area contributed by atoms with Crippen LogP contribution in [0.3, 0.4) is 0 Å². The fourth-order valence-corrected chi connectivity index (χ4v) is 8.68. The molecule has 2 aliphatic heterocycles. The molecule has 1 saturated carbocycles. The average Bonchev–Trinajstić information content (AvgIpc) is 3.43. The zero-order chi connectivity index (χ0) is 31.8. The average molecular weight is 690 g/mol. The number of hydrogen-bond donors (Lipinski definition) is 1. The number of ether oxygens (including phenoxy) is 1. The predicted octanol–water partition coefficient (Wildman–Crippen LogP) is 5.74. The zero-order valence-corrected chi connectivity index (χ0v) is 26.2. The van der Waals surface area contributed by atoms with Gasteiger partial charge in [-0.05, 0) is 60.7 Å². The summed E-state index contributed by atoms with van der Waals surface area (Å²) in [6, 6.07) is 20.4. The third-order valence-corrected chi connectivity index (χ3v) is 10.6. The van der Waals surface area contributed by atoms with Crippen LogP contribution in [0.2, 0.25) is 5.02 Å². The molecule has 1 N–H and O–H groups in total. The molecule has 228 valence electrons. The standard InChI is InChI=1S/C34H26BrClN2O7/c1-45-33(44)38-29(40)22-12-11-21-23(27(22)31(38)42)16-25-30(41)37(20-9-5-8-19(36)15-20)32(43)34(25,17-6-3-2-4-7-17)28(21)24-14-18(35)10-13-26(24)39/h2-11,13-15,22-23,25,27-28,39H,12,16H2,1H3. The Hall–Kier alpha value is -4.28. The number of carbonyl (C=O) groups is 5. The predicted molar refractivity (Wildman–Crippen MR) is 166 cm³/mol. The van der Waals surface area contributed by atoms with Crippen molar-refractivity contribution in [3.8, 4) is 5.75 Å². The van der Waals surface area contributed by atoms with E-state index in [2.05, 4.69) is 15.9 Å². The number of phenolic OH excluding ortho intramolecular Hbond substituents is 1. The molecule has 11 heteroatoms. The van der Waals surface area contributed by atoms with Crippen molar-refractivity contribution < 1.29 is 33.8 Å². The maximum atomic E-state index is 15.1. The third-order valence-electron chi connectivity index (χ3n) is 9.82. The Kier molecular flexibility index (Phi) is 6.98. The molecule has 3 aromatic rings. The van der Waals surface area contributed by atoms with Crippen molar-refractivity contribution in [3.63, 3.8) is 0 Å². The lowest BCUT2D eigenvalue weighted by Crippen LogP contribution is -2.53. The number of rotatable bonds is 3. The van der Waals surface area contributed by atoms with Gasteiger partial charge in [0.25, 0.3) is 0 Å². The van der Waals surface area contributed by atoms with Crippen LogP contribution in [0.1, 0.15) is 29.9 Å². The van der Waals surface area contributed by atoms with Crippen molar-refractivity contribution in [2.45, 2.75) is 24.2 Å². The van der Waals surface area contributed by atoms with Crippen molar-refractivity contribution >= 4 is 62.9 Å². The molecule has 5 amide bonds. The first-order chi connectivity index (χ1) is 21.6. The number of likely N-dealkylation sites (tertiary alicyclic amines) is 1. The SMILES string of the molecule is COC(=O)N1C(=O)C2CC=C3C(CC4C(=O)N(c5cccc(Cl)c5)C(=O)C4(c4ccccc4)C3c3cc(Br)ccc3O)C2C1=O. The van der Waals surface area contributed by atoms with Crippen molar-refractivity contribution in [3.05, 3.63) is 105 Å². The second-order valence-electron chi connectivity index (χ2n) is 11.8. The van der Waals surface area contributed by atoms with Gasteiger partial charge in [0.2, 0.25) is 23.6 Å². The number of fused-ring (bicyclic) bond motifs is 4. The van der Waals surface area contributed by atoms with Crippen LogP contribution in [0.15, 0.2) is 88.9 Å². The molecule has 9 nitrogen and oxygen atoms in total. The summed E-state index contributed by atoms with van der Waals surface area (Å²) in [5, 5.41) is 11.7. The minimum absolute atomic E-state index is 0.0584. The van der Waals surface area contributed by atoms with E-state index in [-0.39, 0.29) is 18.6 Å². The van der Waals surface area contributed by atoms with Gasteiger partial charge in [-0.25, -0.2) is 9.69 Å². The van der Waals surface area contributed by atoms with E-state index in [4.69, 9.17) is 16.3 Å². The molecule has 4 aliphatic rings. The minimum atomic E-state index is -1.53. The molecule has 2 aliphatic carbocycles. The van der Waals surface area contributed by atoms with Gasteiger partial charge < -0.3 is 9.84 Å². The van der Waals surface area contributed by atoms with E-state index in [1.54, 1.807) is 60.7 Å². The second kappa shape index (κ2) is 10.7. The van der Waals surface area contributed by atoms with Crippen LogP contribution >= 0.6 is 27.5 Å². The topological polar surface area (TPSA) is 121 Å². The van der Waals surface area contributed by atoms with E-state index in [0.29, 0.717) is 36.8 Å². The first-order valence-electron chi connectivity index (χ1n) is 14.4. The number of methoxy groups -OCH3 is 1. The van der Waals surface area contributed by atoms with Crippen molar-refractivity contribution in [1.29, 1.82) is 0 Å². The fraction of sp³-hybridized carbons (Fsp3) is 0.265. The Balaban J connectivity index is 1.51. The number of allylic oxidation sites excluding steroid dienone is 2. The minimum Gasteiger partial charge on any atom is -0.508 e. The highest BCUT2D eigenvalue weighted by Crippen LogP contribution is 2.65. The van der Waals surface area contributed by atoms with Gasteiger partial charge in [-0.1, -0.05) is 75.6 Å². The Morgan fingerprint density at radius 2 is 1.71 bits per heavy atom. The van der Waals surface area contributed by atoms with Crippen LogP contribution in [0.25, 0.3) is 0 Å². The molecule has 2 saturated heterocycles. The van der Waals surface area contributed by atoms with Crippen LogP contribution < -0.4 is 4.90 Å². The first-order valence-corrected chi connectivity index (χ1v) is 15.6. The normalized spacial score (nSPS) is 28.9. The lowest BCUT2D eigenvalue weighted by atomic mass is 9.49. The van der Waals surface area contributed by atoms with Crippen LogP contribution in [0.4, 0.5) is 10.5 Å². The number of imide groups is 4. The number of anilines is 1. The van der Waals surface area contributed by atoms with Gasteiger partial charge >= 0.3 is 6.09 Å². The number of phenols is 1. The van der Waals surface area contributed by atoms with E-state index in [1.165, 1.54) is 6.07 Å². The van der Waals surface area contributed by atoms with Gasteiger partial charge in [0.1, 0.15) is 5.75 Å². The van der Waals surface area contributed by atoms with Gasteiger partial charge in [0.05, 0.1) is 36.0 Å². The molecule has 6 unspecified atom stereocenters. The van der Waals surface area contributed by atoms with Crippen molar-refractivity contribution in [2.24, 2.45) is 23.7 Å². The van der Waals surface area contributed by atoms with Gasteiger partial charge in [-0.2, -0.15) is 4.90 Å².